The van der Waals surface area contributed by atoms with Crippen molar-refractivity contribution in [3.8, 4) is 0 Å². The lowest BCUT2D eigenvalue weighted by Crippen LogP contribution is -2.47. The monoisotopic (exact) mass is 263 g/mol. The maximum Gasteiger partial charge on any atom is 0.127 e. The smallest absolute Gasteiger partial charge is 0.127 e. The molecule has 2 nitrogen and oxygen atoms in total. The van der Waals surface area contributed by atoms with E-state index in [4.69, 9.17) is 4.74 Å². The zero-order valence-corrected chi connectivity index (χ0v) is 11.5. The quantitative estimate of drug-likeness (QED) is 0.902. The van der Waals surface area contributed by atoms with Crippen LogP contribution in [0.4, 0.5) is 4.39 Å². The van der Waals surface area contributed by atoms with Crippen LogP contribution in [0.5, 0.6) is 0 Å². The zero-order chi connectivity index (χ0) is 13.3. The number of halogens is 1. The Hall–Kier alpha value is -0.930. The SMILES string of the molecule is CNC(c1ccccc1F)C1CCOC2(CCC2)C1. The van der Waals surface area contributed by atoms with Gasteiger partial charge in [-0.2, -0.15) is 0 Å². The first-order valence-corrected chi connectivity index (χ1v) is 7.30. The third-order valence-corrected chi connectivity index (χ3v) is 4.82. The summed E-state index contributed by atoms with van der Waals surface area (Å²) in [4.78, 5) is 0. The Kier molecular flexibility index (Phi) is 3.59. The molecule has 2 fully saturated rings. The zero-order valence-electron chi connectivity index (χ0n) is 11.5. The Morgan fingerprint density at radius 2 is 2.16 bits per heavy atom. The Morgan fingerprint density at radius 3 is 2.79 bits per heavy atom. The minimum absolute atomic E-state index is 0.0996. The highest BCUT2D eigenvalue weighted by Gasteiger charge is 2.44. The van der Waals surface area contributed by atoms with Crippen molar-refractivity contribution in [3.63, 3.8) is 0 Å². The molecule has 104 valence electrons. The Balaban J connectivity index is 1.80. The number of hydrogen-bond acceptors (Lipinski definition) is 2. The largest absolute Gasteiger partial charge is 0.375 e. The van der Waals surface area contributed by atoms with Crippen LogP contribution < -0.4 is 5.32 Å². The number of hydrogen-bond donors (Lipinski definition) is 1. The van der Waals surface area contributed by atoms with Crippen LogP contribution in [0.25, 0.3) is 0 Å². The van der Waals surface area contributed by atoms with Crippen LogP contribution in [0.1, 0.15) is 43.7 Å². The second-order valence-corrected chi connectivity index (χ2v) is 5.93. The summed E-state index contributed by atoms with van der Waals surface area (Å²) in [5, 5.41) is 3.32. The minimum Gasteiger partial charge on any atom is -0.375 e. The molecule has 1 aromatic rings. The molecule has 1 N–H and O–H groups in total. The number of benzene rings is 1. The van der Waals surface area contributed by atoms with Crippen LogP contribution in [0, 0.1) is 11.7 Å². The highest BCUT2D eigenvalue weighted by atomic mass is 19.1. The van der Waals surface area contributed by atoms with Crippen molar-refractivity contribution in [1.82, 2.24) is 5.32 Å². The highest BCUT2D eigenvalue weighted by Crippen LogP contribution is 2.47. The molecule has 1 aliphatic carbocycles. The Morgan fingerprint density at radius 1 is 1.37 bits per heavy atom. The van der Waals surface area contributed by atoms with Gasteiger partial charge in [-0.05, 0) is 51.1 Å². The van der Waals surface area contributed by atoms with Crippen molar-refractivity contribution >= 4 is 0 Å². The molecular weight excluding hydrogens is 241 g/mol. The molecule has 1 heterocycles. The lowest BCUT2D eigenvalue weighted by Gasteiger charge is -2.48. The summed E-state index contributed by atoms with van der Waals surface area (Å²) >= 11 is 0. The van der Waals surface area contributed by atoms with Crippen LogP contribution in [-0.2, 0) is 4.74 Å². The minimum atomic E-state index is -0.101. The van der Waals surface area contributed by atoms with Crippen LogP contribution in [0.15, 0.2) is 24.3 Å². The van der Waals surface area contributed by atoms with Crippen LogP contribution in [0.3, 0.4) is 0 Å². The summed E-state index contributed by atoms with van der Waals surface area (Å²) < 4.78 is 20.0. The number of rotatable bonds is 3. The molecule has 0 aromatic heterocycles. The lowest BCUT2D eigenvalue weighted by molar-refractivity contribution is -0.147. The fraction of sp³-hybridized carbons (Fsp3) is 0.625. The van der Waals surface area contributed by atoms with Crippen LogP contribution in [0.2, 0.25) is 0 Å². The van der Waals surface area contributed by atoms with E-state index in [1.54, 1.807) is 12.1 Å². The molecule has 0 bridgehead atoms. The molecule has 19 heavy (non-hydrogen) atoms. The average Bonchev–Trinajstić information content (AvgIpc) is 2.40. The van der Waals surface area contributed by atoms with Gasteiger partial charge >= 0.3 is 0 Å². The summed E-state index contributed by atoms with van der Waals surface area (Å²) in [7, 11) is 1.93. The topological polar surface area (TPSA) is 21.3 Å². The van der Waals surface area contributed by atoms with E-state index < -0.39 is 0 Å². The van der Waals surface area contributed by atoms with Gasteiger partial charge in [0.2, 0.25) is 0 Å². The number of ether oxygens (including phenoxy) is 1. The molecule has 3 heteroatoms. The molecule has 1 aromatic carbocycles. The fourth-order valence-corrected chi connectivity index (χ4v) is 3.64. The van der Waals surface area contributed by atoms with Crippen molar-refractivity contribution in [1.29, 1.82) is 0 Å². The maximum atomic E-state index is 14.0. The molecule has 1 spiro atoms. The third-order valence-electron chi connectivity index (χ3n) is 4.82. The fourth-order valence-electron chi connectivity index (χ4n) is 3.64. The van der Waals surface area contributed by atoms with Crippen molar-refractivity contribution in [3.05, 3.63) is 35.6 Å². The van der Waals surface area contributed by atoms with E-state index >= 15 is 0 Å². The van der Waals surface area contributed by atoms with Crippen LogP contribution >= 0.6 is 0 Å². The molecule has 2 unspecified atom stereocenters. The second-order valence-electron chi connectivity index (χ2n) is 5.93. The maximum absolute atomic E-state index is 14.0. The standard InChI is InChI=1S/C16H22FNO/c1-18-15(13-5-2-3-6-14(13)17)12-7-10-19-16(11-12)8-4-9-16/h2-3,5-6,12,15,18H,4,7-11H2,1H3. The summed E-state index contributed by atoms with van der Waals surface area (Å²) in [6.07, 6.45) is 5.71. The van der Waals surface area contributed by atoms with E-state index in [0.29, 0.717) is 5.92 Å². The van der Waals surface area contributed by atoms with Gasteiger partial charge in [-0.25, -0.2) is 4.39 Å². The Bertz CT molecular complexity index is 444. The number of nitrogens with one attached hydrogen (secondary N) is 1. The van der Waals surface area contributed by atoms with Crippen molar-refractivity contribution < 1.29 is 9.13 Å². The molecule has 2 atom stereocenters. The van der Waals surface area contributed by atoms with Gasteiger partial charge in [0, 0.05) is 18.2 Å². The van der Waals surface area contributed by atoms with Gasteiger partial charge in [0.15, 0.2) is 0 Å². The van der Waals surface area contributed by atoms with Gasteiger partial charge in [0.05, 0.1) is 5.60 Å². The third kappa shape index (κ3) is 2.41. The highest BCUT2D eigenvalue weighted by molar-refractivity contribution is 5.22. The van der Waals surface area contributed by atoms with E-state index in [1.165, 1.54) is 19.3 Å². The second kappa shape index (κ2) is 5.22. The van der Waals surface area contributed by atoms with Gasteiger partial charge in [-0.15, -0.1) is 0 Å². The molecular formula is C16H22FNO. The van der Waals surface area contributed by atoms with Gasteiger partial charge in [0.25, 0.3) is 0 Å². The molecule has 3 rings (SSSR count). The first-order chi connectivity index (χ1) is 9.24. The van der Waals surface area contributed by atoms with E-state index in [9.17, 15) is 4.39 Å². The summed E-state index contributed by atoms with van der Waals surface area (Å²) in [6.45, 7) is 0.817. The van der Waals surface area contributed by atoms with E-state index in [-0.39, 0.29) is 17.5 Å². The summed E-state index contributed by atoms with van der Waals surface area (Å²) in [5.41, 5.74) is 0.912. The average molecular weight is 263 g/mol. The van der Waals surface area contributed by atoms with Gasteiger partial charge in [-0.3, -0.25) is 0 Å². The predicted octanol–water partition coefficient (Wildman–Crippen LogP) is 3.44. The first-order valence-electron chi connectivity index (χ1n) is 7.30. The predicted molar refractivity (Wildman–Crippen MR) is 73.5 cm³/mol. The van der Waals surface area contributed by atoms with E-state index in [1.807, 2.05) is 19.2 Å². The Labute approximate surface area is 114 Å². The summed E-state index contributed by atoms with van der Waals surface area (Å²) in [6, 6.07) is 7.23. The van der Waals surface area contributed by atoms with E-state index in [2.05, 4.69) is 5.32 Å². The first kappa shape index (κ1) is 13.1. The van der Waals surface area contributed by atoms with Crippen molar-refractivity contribution in [2.75, 3.05) is 13.7 Å². The van der Waals surface area contributed by atoms with Crippen molar-refractivity contribution in [2.45, 2.75) is 43.7 Å². The van der Waals surface area contributed by atoms with E-state index in [0.717, 1.165) is 25.0 Å². The molecule has 1 saturated heterocycles. The summed E-state index contributed by atoms with van der Waals surface area (Å²) in [5.74, 6) is 0.368. The molecule has 0 radical (unpaired) electrons. The molecule has 1 aliphatic heterocycles. The molecule has 2 aliphatic rings. The normalized spacial score (nSPS) is 26.9. The lowest BCUT2D eigenvalue weighted by atomic mass is 9.69. The van der Waals surface area contributed by atoms with Crippen LogP contribution in [-0.4, -0.2) is 19.3 Å². The van der Waals surface area contributed by atoms with Gasteiger partial charge < -0.3 is 10.1 Å². The van der Waals surface area contributed by atoms with Gasteiger partial charge in [-0.1, -0.05) is 18.2 Å². The molecule has 0 amide bonds. The molecule has 1 saturated carbocycles. The van der Waals surface area contributed by atoms with Crippen molar-refractivity contribution in [2.24, 2.45) is 5.92 Å². The van der Waals surface area contributed by atoms with Gasteiger partial charge in [0.1, 0.15) is 5.82 Å².